The molecule has 0 spiro atoms. The Balaban J connectivity index is 1.80. The third-order valence-corrected chi connectivity index (χ3v) is 4.87. The molecular formula is C19H35N5O2. The standard InChI is InChI=1S/C19H35N5O2/c1-5-20-19(21-11-10-16-9-7-8-14(3)12-16)22-13-17-23-18(24-26-17)15(4)25-6-2/h14-16H,5-13H2,1-4H3,(H2,20,21,22). The number of hydrogen-bond donors (Lipinski definition) is 2. The predicted molar refractivity (Wildman–Crippen MR) is 103 cm³/mol. The molecule has 7 heteroatoms. The summed E-state index contributed by atoms with van der Waals surface area (Å²) in [4.78, 5) is 8.91. The van der Waals surface area contributed by atoms with E-state index in [9.17, 15) is 0 Å². The number of rotatable bonds is 9. The predicted octanol–water partition coefficient (Wildman–Crippen LogP) is 3.44. The van der Waals surface area contributed by atoms with Crippen LogP contribution in [0.5, 0.6) is 0 Å². The van der Waals surface area contributed by atoms with Gasteiger partial charge >= 0.3 is 0 Å². The van der Waals surface area contributed by atoms with Gasteiger partial charge in [0, 0.05) is 19.7 Å². The summed E-state index contributed by atoms with van der Waals surface area (Å²) in [7, 11) is 0. The molecule has 0 aliphatic heterocycles. The molecule has 3 atom stereocenters. The Hall–Kier alpha value is -1.63. The van der Waals surface area contributed by atoms with E-state index in [4.69, 9.17) is 9.26 Å². The highest BCUT2D eigenvalue weighted by Crippen LogP contribution is 2.30. The van der Waals surface area contributed by atoms with Gasteiger partial charge in [0.05, 0.1) is 0 Å². The van der Waals surface area contributed by atoms with Crippen molar-refractivity contribution in [2.24, 2.45) is 16.8 Å². The van der Waals surface area contributed by atoms with Crippen molar-refractivity contribution < 1.29 is 9.26 Å². The zero-order valence-electron chi connectivity index (χ0n) is 16.8. The van der Waals surface area contributed by atoms with Gasteiger partial charge in [0.1, 0.15) is 12.6 Å². The number of aromatic nitrogens is 2. The smallest absolute Gasteiger partial charge is 0.248 e. The van der Waals surface area contributed by atoms with Crippen LogP contribution < -0.4 is 10.6 Å². The van der Waals surface area contributed by atoms with Crippen LogP contribution in [0.3, 0.4) is 0 Å². The van der Waals surface area contributed by atoms with E-state index in [0.29, 0.717) is 24.9 Å². The van der Waals surface area contributed by atoms with E-state index in [2.05, 4.69) is 39.6 Å². The Morgan fingerprint density at radius 2 is 2.19 bits per heavy atom. The van der Waals surface area contributed by atoms with Crippen LogP contribution in [0.2, 0.25) is 0 Å². The first kappa shape index (κ1) is 20.7. The first-order chi connectivity index (χ1) is 12.6. The van der Waals surface area contributed by atoms with Crippen molar-refractivity contribution >= 4 is 5.96 Å². The third kappa shape index (κ3) is 6.94. The molecule has 1 saturated carbocycles. The van der Waals surface area contributed by atoms with Crippen molar-refractivity contribution in [2.45, 2.75) is 72.4 Å². The molecule has 0 aromatic carbocycles. The van der Waals surface area contributed by atoms with Crippen molar-refractivity contribution in [3.05, 3.63) is 11.7 Å². The van der Waals surface area contributed by atoms with Gasteiger partial charge in [0.25, 0.3) is 0 Å². The second kappa shape index (κ2) is 11.2. The number of aliphatic imine (C=N–C) groups is 1. The highest BCUT2D eigenvalue weighted by atomic mass is 16.5. The quantitative estimate of drug-likeness (QED) is 0.515. The van der Waals surface area contributed by atoms with Crippen LogP contribution in [-0.2, 0) is 11.3 Å². The summed E-state index contributed by atoms with van der Waals surface area (Å²) in [6, 6.07) is 0. The molecule has 3 unspecified atom stereocenters. The molecular weight excluding hydrogens is 330 g/mol. The summed E-state index contributed by atoms with van der Waals surface area (Å²) < 4.78 is 10.7. The lowest BCUT2D eigenvalue weighted by molar-refractivity contribution is 0.0683. The van der Waals surface area contributed by atoms with Gasteiger partial charge in [0.15, 0.2) is 11.8 Å². The molecule has 1 aromatic heterocycles. The van der Waals surface area contributed by atoms with Gasteiger partial charge < -0.3 is 19.9 Å². The number of ether oxygens (including phenoxy) is 1. The van der Waals surface area contributed by atoms with Gasteiger partial charge in [0.2, 0.25) is 5.89 Å². The normalized spacial score (nSPS) is 22.2. The molecule has 2 N–H and O–H groups in total. The maximum absolute atomic E-state index is 5.48. The molecule has 0 amide bonds. The minimum atomic E-state index is -0.161. The number of nitrogens with zero attached hydrogens (tertiary/aromatic N) is 3. The van der Waals surface area contributed by atoms with Gasteiger partial charge in [-0.2, -0.15) is 4.98 Å². The maximum Gasteiger partial charge on any atom is 0.248 e. The summed E-state index contributed by atoms with van der Waals surface area (Å²) in [6.07, 6.45) is 6.53. The molecule has 1 aromatic rings. The van der Waals surface area contributed by atoms with E-state index < -0.39 is 0 Å². The molecule has 0 saturated heterocycles. The van der Waals surface area contributed by atoms with Crippen molar-refractivity contribution in [1.82, 2.24) is 20.8 Å². The number of nitrogens with one attached hydrogen (secondary N) is 2. The minimum Gasteiger partial charge on any atom is -0.371 e. The summed E-state index contributed by atoms with van der Waals surface area (Å²) >= 11 is 0. The topological polar surface area (TPSA) is 84.6 Å². The summed E-state index contributed by atoms with van der Waals surface area (Å²) in [5, 5.41) is 10.7. The van der Waals surface area contributed by atoms with Crippen LogP contribution >= 0.6 is 0 Å². The van der Waals surface area contributed by atoms with E-state index >= 15 is 0 Å². The zero-order valence-corrected chi connectivity index (χ0v) is 16.8. The molecule has 2 rings (SSSR count). The molecule has 1 aliphatic rings. The molecule has 1 heterocycles. The van der Waals surface area contributed by atoms with Gasteiger partial charge in [-0.3, -0.25) is 0 Å². The van der Waals surface area contributed by atoms with Gasteiger partial charge in [-0.25, -0.2) is 4.99 Å². The lowest BCUT2D eigenvalue weighted by Gasteiger charge is -2.26. The highest BCUT2D eigenvalue weighted by Gasteiger charge is 2.18. The van der Waals surface area contributed by atoms with E-state index in [-0.39, 0.29) is 6.10 Å². The van der Waals surface area contributed by atoms with Crippen LogP contribution in [0.15, 0.2) is 9.52 Å². The van der Waals surface area contributed by atoms with Crippen molar-refractivity contribution in [1.29, 1.82) is 0 Å². The fourth-order valence-corrected chi connectivity index (χ4v) is 3.53. The summed E-state index contributed by atoms with van der Waals surface area (Å²) in [5.41, 5.74) is 0. The van der Waals surface area contributed by atoms with Gasteiger partial charge in [-0.1, -0.05) is 31.3 Å². The Bertz CT molecular complexity index is 546. The SMILES string of the molecule is CCNC(=NCc1nc(C(C)OCC)no1)NCCC1CCCC(C)C1. The Kier molecular flexibility index (Phi) is 8.88. The van der Waals surface area contributed by atoms with E-state index in [1.54, 1.807) is 0 Å². The van der Waals surface area contributed by atoms with Crippen LogP contribution in [-0.4, -0.2) is 35.8 Å². The van der Waals surface area contributed by atoms with Crippen molar-refractivity contribution in [3.63, 3.8) is 0 Å². The van der Waals surface area contributed by atoms with E-state index in [0.717, 1.165) is 30.9 Å². The molecule has 1 aliphatic carbocycles. The van der Waals surface area contributed by atoms with Crippen LogP contribution in [0.4, 0.5) is 0 Å². The molecule has 26 heavy (non-hydrogen) atoms. The monoisotopic (exact) mass is 365 g/mol. The first-order valence-electron chi connectivity index (χ1n) is 10.1. The third-order valence-electron chi connectivity index (χ3n) is 4.87. The lowest BCUT2D eigenvalue weighted by Crippen LogP contribution is -2.38. The Labute approximate surface area is 157 Å². The van der Waals surface area contributed by atoms with Crippen LogP contribution in [0.25, 0.3) is 0 Å². The number of hydrogen-bond acceptors (Lipinski definition) is 5. The highest BCUT2D eigenvalue weighted by molar-refractivity contribution is 5.79. The fourth-order valence-electron chi connectivity index (χ4n) is 3.53. The summed E-state index contributed by atoms with van der Waals surface area (Å²) in [5.74, 6) is 3.59. The Morgan fingerprint density at radius 1 is 1.35 bits per heavy atom. The average molecular weight is 366 g/mol. The van der Waals surface area contributed by atoms with E-state index in [1.165, 1.54) is 32.1 Å². The van der Waals surface area contributed by atoms with Crippen LogP contribution in [0, 0.1) is 11.8 Å². The van der Waals surface area contributed by atoms with Gasteiger partial charge in [-0.15, -0.1) is 0 Å². The van der Waals surface area contributed by atoms with Crippen molar-refractivity contribution in [3.8, 4) is 0 Å². The largest absolute Gasteiger partial charge is 0.371 e. The number of guanidine groups is 1. The zero-order chi connectivity index (χ0) is 18.8. The van der Waals surface area contributed by atoms with Crippen molar-refractivity contribution in [2.75, 3.05) is 19.7 Å². The molecule has 1 fully saturated rings. The second-order valence-electron chi connectivity index (χ2n) is 7.19. The minimum absolute atomic E-state index is 0.161. The molecule has 7 nitrogen and oxygen atoms in total. The fraction of sp³-hybridized carbons (Fsp3) is 0.842. The lowest BCUT2D eigenvalue weighted by atomic mass is 9.81. The second-order valence-corrected chi connectivity index (χ2v) is 7.19. The first-order valence-corrected chi connectivity index (χ1v) is 10.1. The average Bonchev–Trinajstić information content (AvgIpc) is 3.09. The van der Waals surface area contributed by atoms with E-state index in [1.807, 2.05) is 13.8 Å². The molecule has 0 radical (unpaired) electrons. The maximum atomic E-state index is 5.48. The Morgan fingerprint density at radius 3 is 2.92 bits per heavy atom. The molecule has 148 valence electrons. The van der Waals surface area contributed by atoms with Crippen LogP contribution in [0.1, 0.15) is 77.6 Å². The summed E-state index contributed by atoms with van der Waals surface area (Å²) in [6.45, 7) is 11.1. The molecule has 0 bridgehead atoms. The van der Waals surface area contributed by atoms with Gasteiger partial charge in [-0.05, 0) is 45.4 Å².